The van der Waals surface area contributed by atoms with Crippen molar-refractivity contribution in [3.05, 3.63) is 24.3 Å². The molecule has 4 nitrogen and oxygen atoms in total. The second-order valence-corrected chi connectivity index (χ2v) is 4.79. The molecule has 98 valence electrons. The van der Waals surface area contributed by atoms with Gasteiger partial charge in [-0.2, -0.15) is 0 Å². The molecule has 0 spiro atoms. The third kappa shape index (κ3) is 2.20. The SMILES string of the molecule is CCN(C(=O)C1(C)CCCO1)c1ccccc1N. The number of nitrogens with zero attached hydrogens (tertiary/aromatic N) is 1. The molecule has 1 fully saturated rings. The molecule has 1 heterocycles. The highest BCUT2D eigenvalue weighted by molar-refractivity contribution is 6.01. The fourth-order valence-corrected chi connectivity index (χ4v) is 2.39. The Kier molecular flexibility index (Phi) is 3.57. The first-order chi connectivity index (χ1) is 8.58. The lowest BCUT2D eigenvalue weighted by Gasteiger charge is -2.31. The number of carbonyl (C=O) groups excluding carboxylic acids is 1. The zero-order valence-corrected chi connectivity index (χ0v) is 11.0. The Bertz CT molecular complexity index is 439. The Hall–Kier alpha value is -1.55. The van der Waals surface area contributed by atoms with Crippen molar-refractivity contribution >= 4 is 17.3 Å². The second kappa shape index (κ2) is 4.98. The van der Waals surface area contributed by atoms with Crippen LogP contribution in [0.2, 0.25) is 0 Å². The number of nitrogens with two attached hydrogens (primary N) is 1. The van der Waals surface area contributed by atoms with Crippen LogP contribution < -0.4 is 10.6 Å². The van der Waals surface area contributed by atoms with Crippen molar-refractivity contribution in [1.29, 1.82) is 0 Å². The van der Waals surface area contributed by atoms with E-state index in [0.717, 1.165) is 18.5 Å². The smallest absolute Gasteiger partial charge is 0.258 e. The molecule has 1 aromatic rings. The van der Waals surface area contributed by atoms with Gasteiger partial charge in [-0.3, -0.25) is 4.79 Å². The Morgan fingerprint density at radius 1 is 1.50 bits per heavy atom. The average molecular weight is 248 g/mol. The zero-order chi connectivity index (χ0) is 13.2. The molecule has 1 aliphatic heterocycles. The van der Waals surface area contributed by atoms with Gasteiger partial charge in [0, 0.05) is 13.2 Å². The van der Waals surface area contributed by atoms with Gasteiger partial charge in [0.05, 0.1) is 11.4 Å². The van der Waals surface area contributed by atoms with Crippen LogP contribution >= 0.6 is 0 Å². The van der Waals surface area contributed by atoms with Gasteiger partial charge in [0.15, 0.2) is 0 Å². The zero-order valence-electron chi connectivity index (χ0n) is 11.0. The number of carbonyl (C=O) groups is 1. The summed E-state index contributed by atoms with van der Waals surface area (Å²) < 4.78 is 5.61. The van der Waals surface area contributed by atoms with Crippen molar-refractivity contribution in [1.82, 2.24) is 0 Å². The minimum Gasteiger partial charge on any atom is -0.397 e. The molecule has 18 heavy (non-hydrogen) atoms. The van der Waals surface area contributed by atoms with E-state index in [9.17, 15) is 4.79 Å². The minimum absolute atomic E-state index is 0.000370. The molecular weight excluding hydrogens is 228 g/mol. The number of hydrogen-bond acceptors (Lipinski definition) is 3. The van der Waals surface area contributed by atoms with Gasteiger partial charge in [0.2, 0.25) is 0 Å². The molecule has 0 radical (unpaired) electrons. The number of amides is 1. The van der Waals surface area contributed by atoms with E-state index in [2.05, 4.69) is 0 Å². The maximum atomic E-state index is 12.6. The Morgan fingerprint density at radius 3 is 2.78 bits per heavy atom. The minimum atomic E-state index is -0.696. The molecule has 2 rings (SSSR count). The highest BCUT2D eigenvalue weighted by Gasteiger charge is 2.40. The van der Waals surface area contributed by atoms with Gasteiger partial charge < -0.3 is 15.4 Å². The molecule has 1 unspecified atom stereocenters. The predicted octanol–water partition coefficient (Wildman–Crippen LogP) is 2.19. The van der Waals surface area contributed by atoms with Crippen LogP contribution in [-0.2, 0) is 9.53 Å². The fourth-order valence-electron chi connectivity index (χ4n) is 2.39. The van der Waals surface area contributed by atoms with Gasteiger partial charge in [0.1, 0.15) is 5.60 Å². The largest absolute Gasteiger partial charge is 0.397 e. The van der Waals surface area contributed by atoms with E-state index >= 15 is 0 Å². The van der Waals surface area contributed by atoms with Crippen LogP contribution in [-0.4, -0.2) is 24.7 Å². The number of anilines is 2. The maximum Gasteiger partial charge on any atom is 0.258 e. The molecule has 1 amide bonds. The van der Waals surface area contributed by atoms with E-state index in [1.165, 1.54) is 0 Å². The van der Waals surface area contributed by atoms with Crippen molar-refractivity contribution in [2.75, 3.05) is 23.8 Å². The summed E-state index contributed by atoms with van der Waals surface area (Å²) >= 11 is 0. The lowest BCUT2D eigenvalue weighted by Crippen LogP contribution is -2.47. The van der Waals surface area contributed by atoms with E-state index in [1.807, 2.05) is 38.1 Å². The first kappa shape index (κ1) is 12.9. The van der Waals surface area contributed by atoms with Crippen molar-refractivity contribution in [3.8, 4) is 0 Å². The highest BCUT2D eigenvalue weighted by atomic mass is 16.5. The molecule has 4 heteroatoms. The quantitative estimate of drug-likeness (QED) is 0.834. The van der Waals surface area contributed by atoms with E-state index in [0.29, 0.717) is 18.8 Å². The van der Waals surface area contributed by atoms with Gasteiger partial charge in [-0.15, -0.1) is 0 Å². The van der Waals surface area contributed by atoms with Crippen LogP contribution in [0.3, 0.4) is 0 Å². The Labute approximate surface area is 108 Å². The maximum absolute atomic E-state index is 12.6. The van der Waals surface area contributed by atoms with Crippen LogP contribution in [0.1, 0.15) is 26.7 Å². The van der Waals surface area contributed by atoms with E-state index in [1.54, 1.807) is 4.90 Å². The van der Waals surface area contributed by atoms with Gasteiger partial charge in [-0.05, 0) is 38.8 Å². The number of benzene rings is 1. The summed E-state index contributed by atoms with van der Waals surface area (Å²) in [6, 6.07) is 7.43. The van der Waals surface area contributed by atoms with Crippen molar-refractivity contribution < 1.29 is 9.53 Å². The summed E-state index contributed by atoms with van der Waals surface area (Å²) in [7, 11) is 0. The van der Waals surface area contributed by atoms with Crippen LogP contribution in [0.15, 0.2) is 24.3 Å². The molecule has 1 saturated heterocycles. The standard InChI is InChI=1S/C14H20N2O2/c1-3-16(12-8-5-4-7-11(12)15)13(17)14(2)9-6-10-18-14/h4-5,7-8H,3,6,9-10,15H2,1-2H3. The Balaban J connectivity index is 2.29. The summed E-state index contributed by atoms with van der Waals surface area (Å²) in [5.74, 6) is 0.000370. The molecule has 1 atom stereocenters. The summed E-state index contributed by atoms with van der Waals surface area (Å²) in [6.07, 6.45) is 1.71. The third-order valence-corrected chi connectivity index (χ3v) is 3.46. The van der Waals surface area contributed by atoms with E-state index < -0.39 is 5.60 Å². The van der Waals surface area contributed by atoms with Crippen LogP contribution in [0.25, 0.3) is 0 Å². The average Bonchev–Trinajstić information content (AvgIpc) is 2.81. The van der Waals surface area contributed by atoms with Crippen LogP contribution in [0.4, 0.5) is 11.4 Å². The molecule has 0 bridgehead atoms. The van der Waals surface area contributed by atoms with Crippen molar-refractivity contribution in [2.45, 2.75) is 32.3 Å². The van der Waals surface area contributed by atoms with E-state index in [-0.39, 0.29) is 5.91 Å². The number of nitrogen functional groups attached to an aromatic ring is 1. The van der Waals surface area contributed by atoms with Crippen molar-refractivity contribution in [3.63, 3.8) is 0 Å². The molecule has 1 aliphatic rings. The van der Waals surface area contributed by atoms with Crippen LogP contribution in [0, 0.1) is 0 Å². The lowest BCUT2D eigenvalue weighted by molar-refractivity contribution is -0.136. The predicted molar refractivity (Wildman–Crippen MR) is 72.5 cm³/mol. The summed E-state index contributed by atoms with van der Waals surface area (Å²) in [6.45, 7) is 5.06. The molecule has 2 N–H and O–H groups in total. The number of rotatable bonds is 3. The fraction of sp³-hybridized carbons (Fsp3) is 0.500. The van der Waals surface area contributed by atoms with E-state index in [4.69, 9.17) is 10.5 Å². The summed E-state index contributed by atoms with van der Waals surface area (Å²) in [4.78, 5) is 14.3. The number of para-hydroxylation sites is 2. The molecular formula is C14H20N2O2. The summed E-state index contributed by atoms with van der Waals surface area (Å²) in [5.41, 5.74) is 6.63. The number of likely N-dealkylation sites (N-methyl/N-ethyl adjacent to an activating group) is 1. The molecule has 0 aliphatic carbocycles. The Morgan fingerprint density at radius 2 is 2.22 bits per heavy atom. The first-order valence-electron chi connectivity index (χ1n) is 6.39. The molecule has 0 aromatic heterocycles. The van der Waals surface area contributed by atoms with Gasteiger partial charge >= 0.3 is 0 Å². The molecule has 0 saturated carbocycles. The first-order valence-corrected chi connectivity index (χ1v) is 6.39. The van der Waals surface area contributed by atoms with Crippen LogP contribution in [0.5, 0.6) is 0 Å². The lowest BCUT2D eigenvalue weighted by atomic mass is 10.0. The van der Waals surface area contributed by atoms with Crippen molar-refractivity contribution in [2.24, 2.45) is 0 Å². The normalized spacial score (nSPS) is 23.0. The van der Waals surface area contributed by atoms with Gasteiger partial charge in [-0.25, -0.2) is 0 Å². The third-order valence-electron chi connectivity index (χ3n) is 3.46. The number of hydrogen-bond donors (Lipinski definition) is 1. The monoisotopic (exact) mass is 248 g/mol. The van der Waals surface area contributed by atoms with Gasteiger partial charge in [0.25, 0.3) is 5.91 Å². The number of ether oxygens (including phenoxy) is 1. The molecule has 1 aromatic carbocycles. The topological polar surface area (TPSA) is 55.6 Å². The summed E-state index contributed by atoms with van der Waals surface area (Å²) in [5, 5.41) is 0. The second-order valence-electron chi connectivity index (χ2n) is 4.79. The highest BCUT2D eigenvalue weighted by Crippen LogP contribution is 2.31. The van der Waals surface area contributed by atoms with Gasteiger partial charge in [-0.1, -0.05) is 12.1 Å².